The van der Waals surface area contributed by atoms with Crippen molar-refractivity contribution in [3.63, 3.8) is 0 Å². The summed E-state index contributed by atoms with van der Waals surface area (Å²) in [6, 6.07) is 19.6. The zero-order valence-electron chi connectivity index (χ0n) is 17.9. The Labute approximate surface area is 176 Å². The smallest absolute Gasteiger partial charge is 0.00277 e. The van der Waals surface area contributed by atoms with E-state index in [1.165, 1.54) is 27.8 Å². The summed E-state index contributed by atoms with van der Waals surface area (Å²) in [7, 11) is 1.94. The van der Waals surface area contributed by atoms with Gasteiger partial charge in [0.25, 0.3) is 0 Å². The number of nitrogens with one attached hydrogen (secondary N) is 1. The van der Waals surface area contributed by atoms with E-state index in [1.54, 1.807) is 0 Å². The molecule has 1 aliphatic carbocycles. The minimum absolute atomic E-state index is 0.564. The Morgan fingerprint density at radius 3 is 2.59 bits per heavy atom. The third kappa shape index (κ3) is 5.38. The molecule has 1 aliphatic rings. The molecule has 1 N–H and O–H groups in total. The summed E-state index contributed by atoms with van der Waals surface area (Å²) >= 11 is 0. The zero-order chi connectivity index (χ0) is 20.5. The summed E-state index contributed by atoms with van der Waals surface area (Å²) in [4.78, 5) is 0. The second kappa shape index (κ2) is 10.7. The molecule has 1 nitrogen and oxygen atoms in total. The van der Waals surface area contributed by atoms with Crippen LogP contribution in [-0.2, 0) is 6.42 Å². The van der Waals surface area contributed by atoms with Gasteiger partial charge in [-0.05, 0) is 72.6 Å². The van der Waals surface area contributed by atoms with E-state index in [2.05, 4.69) is 104 Å². The molecule has 0 amide bonds. The Bertz CT molecular complexity index is 899. The molecule has 1 heteroatoms. The fourth-order valence-electron chi connectivity index (χ4n) is 4.34. The molecule has 0 bridgehead atoms. The Morgan fingerprint density at radius 2 is 1.86 bits per heavy atom. The molecule has 2 atom stereocenters. The first-order chi connectivity index (χ1) is 14.2. The molecule has 29 heavy (non-hydrogen) atoms. The van der Waals surface area contributed by atoms with Gasteiger partial charge in [0.1, 0.15) is 0 Å². The fraction of sp³-hybridized carbons (Fsp3) is 0.286. The first kappa shape index (κ1) is 20.9. The molecule has 0 radical (unpaired) electrons. The summed E-state index contributed by atoms with van der Waals surface area (Å²) in [5, 5.41) is 3.12. The monoisotopic (exact) mass is 383 g/mol. The third-order valence-corrected chi connectivity index (χ3v) is 5.93. The highest BCUT2D eigenvalue weighted by Gasteiger charge is 2.24. The maximum Gasteiger partial charge on any atom is 0.00277 e. The predicted octanol–water partition coefficient (Wildman–Crippen LogP) is 7.06. The van der Waals surface area contributed by atoms with Gasteiger partial charge >= 0.3 is 0 Å². The summed E-state index contributed by atoms with van der Waals surface area (Å²) in [5.41, 5.74) is 6.95. The van der Waals surface area contributed by atoms with Crippen LogP contribution in [0.4, 0.5) is 0 Å². The van der Waals surface area contributed by atoms with Crippen LogP contribution in [0.25, 0.3) is 5.57 Å². The topological polar surface area (TPSA) is 12.0 Å². The van der Waals surface area contributed by atoms with Gasteiger partial charge in [0.15, 0.2) is 0 Å². The van der Waals surface area contributed by atoms with Gasteiger partial charge in [-0.25, -0.2) is 0 Å². The molecule has 0 fully saturated rings. The maximum absolute atomic E-state index is 3.12. The Morgan fingerprint density at radius 1 is 1.10 bits per heavy atom. The average Bonchev–Trinajstić information content (AvgIpc) is 2.77. The van der Waals surface area contributed by atoms with Gasteiger partial charge in [0.2, 0.25) is 0 Å². The van der Waals surface area contributed by atoms with E-state index in [0.29, 0.717) is 11.8 Å². The van der Waals surface area contributed by atoms with Crippen LogP contribution < -0.4 is 5.32 Å². The van der Waals surface area contributed by atoms with Gasteiger partial charge in [-0.3, -0.25) is 0 Å². The van der Waals surface area contributed by atoms with E-state index in [-0.39, 0.29) is 0 Å². The minimum atomic E-state index is 0.564. The summed E-state index contributed by atoms with van der Waals surface area (Å²) in [6.45, 7) is 4.61. The number of allylic oxidation sites excluding steroid dienone is 7. The van der Waals surface area contributed by atoms with Crippen LogP contribution in [0.1, 0.15) is 49.3 Å². The molecular formula is C28H33N. The number of rotatable bonds is 8. The standard InChI is InChI=1S/C28H33N/c1-4-26(27-16-10-8-12-22(27)2)28-17-11-9-15-25(28)19-18-24(20-21-29-3)23-13-6-5-7-14-23/h5-15,17-18,20-21,26-27,29H,4,16,19H2,1-3H3/b21-20-,24-18+. The van der Waals surface area contributed by atoms with E-state index < -0.39 is 0 Å². The Balaban J connectivity index is 1.91. The lowest BCUT2D eigenvalue weighted by Gasteiger charge is -2.30. The minimum Gasteiger partial charge on any atom is -0.394 e. The van der Waals surface area contributed by atoms with Crippen molar-refractivity contribution >= 4 is 5.57 Å². The molecule has 0 saturated heterocycles. The molecule has 3 rings (SSSR count). The van der Waals surface area contributed by atoms with Gasteiger partial charge in [0.05, 0.1) is 0 Å². The second-order valence-electron chi connectivity index (χ2n) is 7.75. The van der Waals surface area contributed by atoms with Crippen LogP contribution in [0.5, 0.6) is 0 Å². The van der Waals surface area contributed by atoms with E-state index in [9.17, 15) is 0 Å². The largest absolute Gasteiger partial charge is 0.394 e. The van der Waals surface area contributed by atoms with Crippen LogP contribution >= 0.6 is 0 Å². The van der Waals surface area contributed by atoms with Crippen LogP contribution in [0, 0.1) is 5.92 Å². The van der Waals surface area contributed by atoms with Gasteiger partial charge in [0, 0.05) is 7.05 Å². The van der Waals surface area contributed by atoms with Crippen LogP contribution in [-0.4, -0.2) is 7.05 Å². The van der Waals surface area contributed by atoms with E-state index in [1.807, 2.05) is 13.2 Å². The fourth-order valence-corrected chi connectivity index (χ4v) is 4.34. The van der Waals surface area contributed by atoms with Crippen molar-refractivity contribution in [1.29, 1.82) is 0 Å². The highest BCUT2D eigenvalue weighted by atomic mass is 14.8. The van der Waals surface area contributed by atoms with Gasteiger partial charge in [-0.1, -0.05) is 91.4 Å². The van der Waals surface area contributed by atoms with Gasteiger partial charge < -0.3 is 5.32 Å². The van der Waals surface area contributed by atoms with Crippen molar-refractivity contribution in [1.82, 2.24) is 5.32 Å². The average molecular weight is 384 g/mol. The summed E-state index contributed by atoms with van der Waals surface area (Å²) in [5.74, 6) is 1.17. The molecule has 0 saturated carbocycles. The van der Waals surface area contributed by atoms with Crippen LogP contribution in [0.15, 0.2) is 96.8 Å². The van der Waals surface area contributed by atoms with Gasteiger partial charge in [-0.2, -0.15) is 0 Å². The van der Waals surface area contributed by atoms with Crippen molar-refractivity contribution in [2.45, 2.75) is 39.0 Å². The molecule has 2 aromatic rings. The number of hydrogen-bond donors (Lipinski definition) is 1. The predicted molar refractivity (Wildman–Crippen MR) is 127 cm³/mol. The molecule has 2 unspecified atom stereocenters. The van der Waals surface area contributed by atoms with Crippen LogP contribution in [0.2, 0.25) is 0 Å². The molecular weight excluding hydrogens is 350 g/mol. The molecule has 0 aliphatic heterocycles. The van der Waals surface area contributed by atoms with Crippen molar-refractivity contribution in [2.24, 2.45) is 5.92 Å². The van der Waals surface area contributed by atoms with Gasteiger partial charge in [-0.15, -0.1) is 0 Å². The first-order valence-corrected chi connectivity index (χ1v) is 10.7. The van der Waals surface area contributed by atoms with E-state index >= 15 is 0 Å². The Kier molecular flexibility index (Phi) is 7.69. The zero-order valence-corrected chi connectivity index (χ0v) is 17.9. The van der Waals surface area contributed by atoms with Crippen LogP contribution in [0.3, 0.4) is 0 Å². The summed E-state index contributed by atoms with van der Waals surface area (Å²) < 4.78 is 0. The molecule has 0 heterocycles. The normalized spacial score (nSPS) is 18.0. The molecule has 2 aromatic carbocycles. The van der Waals surface area contributed by atoms with E-state index in [4.69, 9.17) is 0 Å². The number of benzene rings is 2. The summed E-state index contributed by atoms with van der Waals surface area (Å²) in [6.07, 6.45) is 16.6. The molecule has 0 spiro atoms. The highest BCUT2D eigenvalue weighted by Crippen LogP contribution is 2.38. The van der Waals surface area contributed by atoms with Crippen molar-refractivity contribution in [3.05, 3.63) is 113 Å². The highest BCUT2D eigenvalue weighted by molar-refractivity contribution is 5.74. The molecule has 150 valence electrons. The second-order valence-corrected chi connectivity index (χ2v) is 7.75. The Hall–Kier alpha value is -2.80. The lowest BCUT2D eigenvalue weighted by molar-refractivity contribution is 0.468. The van der Waals surface area contributed by atoms with Crippen molar-refractivity contribution < 1.29 is 0 Å². The first-order valence-electron chi connectivity index (χ1n) is 10.7. The lowest BCUT2D eigenvalue weighted by Crippen LogP contribution is -2.16. The third-order valence-electron chi connectivity index (χ3n) is 5.93. The SMILES string of the molecule is CCC(c1ccccc1C/C=C(\C=C/NC)c1ccccc1)C1CC=CC=C1C. The van der Waals surface area contributed by atoms with E-state index in [0.717, 1.165) is 19.3 Å². The lowest BCUT2D eigenvalue weighted by atomic mass is 9.75. The maximum atomic E-state index is 3.12. The molecule has 0 aromatic heterocycles. The number of hydrogen-bond acceptors (Lipinski definition) is 1. The quantitative estimate of drug-likeness (QED) is 0.481. The van der Waals surface area contributed by atoms with Crippen molar-refractivity contribution in [3.8, 4) is 0 Å². The van der Waals surface area contributed by atoms with Crippen molar-refractivity contribution in [2.75, 3.05) is 7.05 Å².